The number of hydrogen-bond donors (Lipinski definition) is 6. The van der Waals surface area contributed by atoms with E-state index in [1.165, 1.54) is 11.9 Å². The number of amides is 5. The molecule has 1 aromatic carbocycles. The molecule has 1 aromatic heterocycles. The number of nitrogens with zero attached hydrogens (tertiary/aromatic N) is 2. The van der Waals surface area contributed by atoms with Crippen LogP contribution in [0.15, 0.2) is 42.8 Å². The maximum absolute atomic E-state index is 14.3. The van der Waals surface area contributed by atoms with Crippen molar-refractivity contribution in [3.63, 3.8) is 0 Å². The van der Waals surface area contributed by atoms with Crippen LogP contribution in [0.2, 0.25) is 0 Å². The summed E-state index contributed by atoms with van der Waals surface area (Å²) < 4.78 is 6.38. The van der Waals surface area contributed by atoms with Crippen LogP contribution in [0.1, 0.15) is 45.1 Å². The number of carbonyl (C=O) groups is 5. The van der Waals surface area contributed by atoms with Crippen LogP contribution in [0, 0.1) is 5.92 Å². The van der Waals surface area contributed by atoms with Crippen LogP contribution in [0.5, 0.6) is 0 Å². The molecular weight excluding hydrogens is 630 g/mol. The first kappa shape index (κ1) is 37.4. The van der Waals surface area contributed by atoms with E-state index >= 15 is 0 Å². The van der Waals surface area contributed by atoms with Crippen molar-refractivity contribution in [3.8, 4) is 0 Å². The first-order chi connectivity index (χ1) is 23.3. The van der Waals surface area contributed by atoms with Crippen molar-refractivity contribution in [2.75, 3.05) is 53.5 Å². The van der Waals surface area contributed by atoms with Crippen molar-refractivity contribution in [2.45, 2.75) is 70.1 Å². The Labute approximate surface area is 287 Å². The van der Waals surface area contributed by atoms with Crippen molar-refractivity contribution in [2.24, 2.45) is 5.92 Å². The predicted octanol–water partition coefficient (Wildman–Crippen LogP) is 0.887. The molecule has 4 atom stereocenters. The van der Waals surface area contributed by atoms with Crippen LogP contribution in [0.3, 0.4) is 0 Å². The SMILES string of the molecule is C=C(O)CC1NC(=O)CNC(=O)C(CCCC[N+]2(C)CCOCC2)NC(=O)C(C(C)C)N(C)C(=O)C(Cc2c[nH]c3ccccc23)NC1=O. The summed E-state index contributed by atoms with van der Waals surface area (Å²) in [6, 6.07) is 3.21. The second-order valence-corrected chi connectivity index (χ2v) is 13.8. The maximum Gasteiger partial charge on any atom is 0.245 e. The lowest BCUT2D eigenvalue weighted by Crippen LogP contribution is -2.59. The lowest BCUT2D eigenvalue weighted by atomic mass is 9.98. The number of ether oxygens (including phenoxy) is 1. The average molecular weight is 683 g/mol. The molecule has 2 aromatic rings. The number of benzene rings is 1. The molecule has 2 aliphatic rings. The summed E-state index contributed by atoms with van der Waals surface area (Å²) in [6.07, 6.45) is 3.33. The van der Waals surface area contributed by atoms with E-state index in [0.29, 0.717) is 26.1 Å². The number of rotatable bonds is 10. The minimum atomic E-state index is -1.28. The molecule has 2 fully saturated rings. The fraction of sp³-hybridized carbons (Fsp3) is 0.571. The minimum absolute atomic E-state index is 0.0817. The Morgan fingerprint density at radius 3 is 2.37 bits per heavy atom. The zero-order valence-electron chi connectivity index (χ0n) is 29.0. The first-order valence-corrected chi connectivity index (χ1v) is 17.1. The lowest BCUT2D eigenvalue weighted by molar-refractivity contribution is -0.917. The molecular formula is C35H52N7O7+. The fourth-order valence-electron chi connectivity index (χ4n) is 6.66. The molecule has 3 heterocycles. The molecule has 2 aliphatic heterocycles. The van der Waals surface area contributed by atoms with Gasteiger partial charge in [-0.15, -0.1) is 0 Å². The van der Waals surface area contributed by atoms with Gasteiger partial charge >= 0.3 is 0 Å². The molecule has 0 radical (unpaired) electrons. The molecule has 0 aliphatic carbocycles. The van der Waals surface area contributed by atoms with Crippen LogP contribution in [-0.4, -0.2) is 127 Å². The van der Waals surface area contributed by atoms with Gasteiger partial charge in [-0.1, -0.05) is 38.6 Å². The molecule has 14 heteroatoms. The van der Waals surface area contributed by atoms with Crippen LogP contribution in [-0.2, 0) is 35.1 Å². The molecule has 4 rings (SSSR count). The highest BCUT2D eigenvalue weighted by Gasteiger charge is 2.37. The molecule has 14 nitrogen and oxygen atoms in total. The summed E-state index contributed by atoms with van der Waals surface area (Å²) in [7, 11) is 3.69. The monoisotopic (exact) mass is 682 g/mol. The third-order valence-corrected chi connectivity index (χ3v) is 9.52. The summed E-state index contributed by atoms with van der Waals surface area (Å²) in [5.41, 5.74) is 1.62. The van der Waals surface area contributed by atoms with Gasteiger partial charge in [0, 0.05) is 37.0 Å². The first-order valence-electron chi connectivity index (χ1n) is 17.1. The number of unbranched alkanes of at least 4 members (excludes halogenated alkanes) is 1. The van der Waals surface area contributed by atoms with E-state index < -0.39 is 60.2 Å². The van der Waals surface area contributed by atoms with Gasteiger partial charge in [-0.05, 0) is 36.8 Å². The summed E-state index contributed by atoms with van der Waals surface area (Å²) in [6.45, 7) is 10.8. The number of aliphatic hydroxyl groups is 1. The predicted molar refractivity (Wildman–Crippen MR) is 184 cm³/mol. The van der Waals surface area contributed by atoms with Crippen LogP contribution >= 0.6 is 0 Å². The molecule has 4 unspecified atom stereocenters. The standard InChI is InChI=1S/C35H51N7O7/c1-22(2)31-34(47)39-27(12-8-9-13-42(5)14-16-49-17-15-42)32(45)37-21-30(44)38-28(18-23(3)43)33(46)40-29(35(48)41(31)4)19-24-20-36-26-11-7-6-10-25(24)26/h6-7,10-11,20,22,27-29,31,36H,3,8-9,12-19,21H2,1-2,4-5H3,(H4-,37,38,39,40,43,44,45,46,47)/p+1. The van der Waals surface area contributed by atoms with Crippen molar-refractivity contribution >= 4 is 40.4 Å². The van der Waals surface area contributed by atoms with E-state index in [4.69, 9.17) is 4.74 Å². The van der Waals surface area contributed by atoms with Gasteiger partial charge in [0.25, 0.3) is 0 Å². The number of H-pyrrole nitrogens is 1. The van der Waals surface area contributed by atoms with Crippen molar-refractivity contribution in [3.05, 3.63) is 48.4 Å². The van der Waals surface area contributed by atoms with Crippen LogP contribution < -0.4 is 21.3 Å². The molecule has 2 saturated heterocycles. The Morgan fingerprint density at radius 2 is 1.67 bits per heavy atom. The van der Waals surface area contributed by atoms with Gasteiger partial charge in [0.05, 0.1) is 39.1 Å². The Hall–Kier alpha value is -4.43. The molecule has 0 spiro atoms. The molecule has 5 amide bonds. The summed E-state index contributed by atoms with van der Waals surface area (Å²) >= 11 is 0. The number of hydrogen-bond acceptors (Lipinski definition) is 7. The Balaban J connectivity index is 1.62. The van der Waals surface area contributed by atoms with E-state index in [1.807, 2.05) is 38.1 Å². The number of aromatic nitrogens is 1. The second kappa shape index (κ2) is 16.8. The fourth-order valence-corrected chi connectivity index (χ4v) is 6.66. The molecule has 268 valence electrons. The van der Waals surface area contributed by atoms with Gasteiger partial charge in [0.15, 0.2) is 0 Å². The molecule has 0 bridgehead atoms. The molecule has 6 N–H and O–H groups in total. The normalized spacial score (nSPS) is 24.4. The highest BCUT2D eigenvalue weighted by Crippen LogP contribution is 2.21. The number of para-hydroxylation sites is 1. The van der Waals surface area contributed by atoms with Gasteiger partial charge < -0.3 is 45.5 Å². The largest absolute Gasteiger partial charge is 0.513 e. The van der Waals surface area contributed by atoms with Gasteiger partial charge in [-0.25, -0.2) is 0 Å². The maximum atomic E-state index is 14.3. The quantitative estimate of drug-likeness (QED) is 0.122. The van der Waals surface area contributed by atoms with Gasteiger partial charge in [0.2, 0.25) is 29.5 Å². The van der Waals surface area contributed by atoms with E-state index in [9.17, 15) is 29.1 Å². The third kappa shape index (κ3) is 10.0. The third-order valence-electron chi connectivity index (χ3n) is 9.52. The number of aromatic amines is 1. The van der Waals surface area contributed by atoms with E-state index in [0.717, 1.165) is 47.0 Å². The smallest absolute Gasteiger partial charge is 0.245 e. The van der Waals surface area contributed by atoms with Gasteiger partial charge in [-0.3, -0.25) is 24.0 Å². The Morgan fingerprint density at radius 1 is 0.980 bits per heavy atom. The van der Waals surface area contributed by atoms with Gasteiger partial charge in [-0.2, -0.15) is 0 Å². The van der Waals surface area contributed by atoms with Crippen molar-refractivity contribution in [1.29, 1.82) is 0 Å². The number of quaternary nitrogens is 1. The number of nitrogens with one attached hydrogen (secondary N) is 5. The zero-order chi connectivity index (χ0) is 35.7. The summed E-state index contributed by atoms with van der Waals surface area (Å²) in [4.78, 5) is 72.8. The van der Waals surface area contributed by atoms with E-state index in [2.05, 4.69) is 39.9 Å². The van der Waals surface area contributed by atoms with E-state index in [1.54, 1.807) is 6.20 Å². The lowest BCUT2D eigenvalue weighted by Gasteiger charge is -2.37. The second-order valence-electron chi connectivity index (χ2n) is 13.8. The highest BCUT2D eigenvalue weighted by molar-refractivity contribution is 5.97. The van der Waals surface area contributed by atoms with Gasteiger partial charge in [0.1, 0.15) is 37.3 Å². The molecule has 49 heavy (non-hydrogen) atoms. The topological polar surface area (TPSA) is 182 Å². The minimum Gasteiger partial charge on any atom is -0.513 e. The number of aliphatic hydroxyl groups excluding tert-OH is 1. The van der Waals surface area contributed by atoms with Crippen LogP contribution in [0.4, 0.5) is 0 Å². The van der Waals surface area contributed by atoms with Crippen molar-refractivity contribution < 1.29 is 38.3 Å². The number of fused-ring (bicyclic) bond motifs is 1. The summed E-state index contributed by atoms with van der Waals surface area (Å²) in [5.74, 6) is -3.69. The number of morpholine rings is 1. The highest BCUT2D eigenvalue weighted by atomic mass is 16.5. The van der Waals surface area contributed by atoms with E-state index in [-0.39, 0.29) is 24.5 Å². The Bertz CT molecular complexity index is 1520. The van der Waals surface area contributed by atoms with Crippen molar-refractivity contribution in [1.82, 2.24) is 31.2 Å². The van der Waals surface area contributed by atoms with Crippen LogP contribution in [0.25, 0.3) is 10.9 Å². The zero-order valence-corrected chi connectivity index (χ0v) is 29.0. The Kier molecular flexibility index (Phi) is 12.8. The summed E-state index contributed by atoms with van der Waals surface area (Å²) in [5, 5.41) is 21.6. The average Bonchev–Trinajstić information content (AvgIpc) is 3.46. The number of carbonyl (C=O) groups excluding carboxylic acids is 5. The molecule has 0 saturated carbocycles. The number of likely N-dealkylation sites (N-methyl/N-ethyl adjacent to an activating group) is 2.